The van der Waals surface area contributed by atoms with Crippen LogP contribution in [0, 0.1) is 0 Å². The van der Waals surface area contributed by atoms with Gasteiger partial charge in [-0.25, -0.2) is 0 Å². The van der Waals surface area contributed by atoms with E-state index < -0.39 is 0 Å². The summed E-state index contributed by atoms with van der Waals surface area (Å²) in [5.41, 5.74) is 7.39. The van der Waals surface area contributed by atoms with E-state index in [1.165, 1.54) is 0 Å². The van der Waals surface area contributed by atoms with Crippen LogP contribution < -0.4 is 5.73 Å². The van der Waals surface area contributed by atoms with E-state index in [0.29, 0.717) is 0 Å². The molecule has 0 bridgehead atoms. The quantitative estimate of drug-likeness (QED) is 0.897. The van der Waals surface area contributed by atoms with Crippen LogP contribution in [-0.2, 0) is 13.1 Å². The molecule has 106 valence electrons. The SMILES string of the molecule is CCC(N)C(c1ccccn1)N1CCn2cnnc2C1. The van der Waals surface area contributed by atoms with Crippen LogP contribution >= 0.6 is 0 Å². The lowest BCUT2D eigenvalue weighted by atomic mass is 10.00. The van der Waals surface area contributed by atoms with Crippen molar-refractivity contribution >= 4 is 0 Å². The summed E-state index contributed by atoms with van der Waals surface area (Å²) in [4.78, 5) is 6.86. The van der Waals surface area contributed by atoms with E-state index in [-0.39, 0.29) is 12.1 Å². The first-order chi connectivity index (χ1) is 9.79. The Balaban J connectivity index is 1.87. The molecule has 6 nitrogen and oxygen atoms in total. The van der Waals surface area contributed by atoms with Gasteiger partial charge in [0, 0.05) is 25.3 Å². The fraction of sp³-hybridized carbons (Fsp3) is 0.500. The van der Waals surface area contributed by atoms with Crippen LogP contribution in [0.1, 0.15) is 30.9 Å². The molecule has 0 amide bonds. The summed E-state index contributed by atoms with van der Waals surface area (Å²) in [7, 11) is 0. The monoisotopic (exact) mass is 272 g/mol. The third kappa shape index (κ3) is 2.44. The van der Waals surface area contributed by atoms with Crippen molar-refractivity contribution in [2.45, 2.75) is 38.5 Å². The summed E-state index contributed by atoms with van der Waals surface area (Å²) < 4.78 is 2.10. The standard InChI is InChI=1S/C14H20N6/c1-2-11(15)14(12-5-3-4-6-16-12)19-7-8-20-10-17-18-13(20)9-19/h3-6,10-11,14H,2,7-9,15H2,1H3. The Hall–Kier alpha value is -1.79. The average Bonchev–Trinajstić information content (AvgIpc) is 2.96. The second-order valence-corrected chi connectivity index (χ2v) is 5.18. The number of pyridine rings is 1. The van der Waals surface area contributed by atoms with Gasteiger partial charge >= 0.3 is 0 Å². The third-order valence-electron chi connectivity index (χ3n) is 3.93. The van der Waals surface area contributed by atoms with E-state index in [1.54, 1.807) is 6.33 Å². The molecule has 0 saturated heterocycles. The molecular weight excluding hydrogens is 252 g/mol. The van der Waals surface area contributed by atoms with E-state index in [0.717, 1.165) is 37.6 Å². The zero-order valence-corrected chi connectivity index (χ0v) is 11.7. The number of hydrogen-bond acceptors (Lipinski definition) is 5. The molecule has 6 heteroatoms. The average molecular weight is 272 g/mol. The number of nitrogens with two attached hydrogens (primary N) is 1. The molecule has 0 spiro atoms. The minimum absolute atomic E-state index is 0.0689. The summed E-state index contributed by atoms with van der Waals surface area (Å²) in [6.07, 6.45) is 4.55. The van der Waals surface area contributed by atoms with Crippen LogP contribution in [-0.4, -0.2) is 37.2 Å². The maximum atomic E-state index is 6.35. The Kier molecular flexibility index (Phi) is 3.75. The number of nitrogens with zero attached hydrogens (tertiary/aromatic N) is 5. The van der Waals surface area contributed by atoms with Crippen molar-refractivity contribution in [3.05, 3.63) is 42.2 Å². The molecule has 0 fully saturated rings. The van der Waals surface area contributed by atoms with Crippen LogP contribution in [0.3, 0.4) is 0 Å². The van der Waals surface area contributed by atoms with E-state index in [9.17, 15) is 0 Å². The topological polar surface area (TPSA) is 72.9 Å². The van der Waals surface area contributed by atoms with Crippen LogP contribution in [0.5, 0.6) is 0 Å². The van der Waals surface area contributed by atoms with Crippen molar-refractivity contribution < 1.29 is 0 Å². The van der Waals surface area contributed by atoms with Gasteiger partial charge in [-0.05, 0) is 18.6 Å². The predicted molar refractivity (Wildman–Crippen MR) is 75.7 cm³/mol. The van der Waals surface area contributed by atoms with Gasteiger partial charge < -0.3 is 10.3 Å². The first-order valence-electron chi connectivity index (χ1n) is 7.07. The van der Waals surface area contributed by atoms with Gasteiger partial charge in [0.25, 0.3) is 0 Å². The zero-order chi connectivity index (χ0) is 13.9. The summed E-state index contributed by atoms with van der Waals surface area (Å²) >= 11 is 0. The number of aromatic nitrogens is 4. The van der Waals surface area contributed by atoms with Crippen molar-refractivity contribution in [2.75, 3.05) is 6.54 Å². The zero-order valence-electron chi connectivity index (χ0n) is 11.7. The van der Waals surface area contributed by atoms with E-state index >= 15 is 0 Å². The van der Waals surface area contributed by atoms with Gasteiger partial charge in [0.2, 0.25) is 0 Å². The Labute approximate surface area is 118 Å². The molecule has 2 atom stereocenters. The molecule has 0 radical (unpaired) electrons. The Morgan fingerprint density at radius 3 is 3.00 bits per heavy atom. The molecule has 0 aromatic carbocycles. The summed E-state index contributed by atoms with van der Waals surface area (Å²) in [5.74, 6) is 1.00. The highest BCUT2D eigenvalue weighted by atomic mass is 15.3. The van der Waals surface area contributed by atoms with Gasteiger partial charge in [0.1, 0.15) is 12.2 Å². The summed E-state index contributed by atoms with van der Waals surface area (Å²) in [5, 5.41) is 8.15. The first-order valence-corrected chi connectivity index (χ1v) is 7.07. The minimum Gasteiger partial charge on any atom is -0.326 e. The van der Waals surface area contributed by atoms with Crippen LogP contribution in [0.2, 0.25) is 0 Å². The molecule has 2 aromatic heterocycles. The predicted octanol–water partition coefficient (Wildman–Crippen LogP) is 0.967. The van der Waals surface area contributed by atoms with Crippen molar-refractivity contribution in [3.8, 4) is 0 Å². The van der Waals surface area contributed by atoms with Gasteiger partial charge in [-0.1, -0.05) is 13.0 Å². The van der Waals surface area contributed by atoms with Crippen LogP contribution in [0.4, 0.5) is 0 Å². The van der Waals surface area contributed by atoms with Crippen molar-refractivity contribution in [1.29, 1.82) is 0 Å². The van der Waals surface area contributed by atoms with Gasteiger partial charge in [0.15, 0.2) is 0 Å². The van der Waals surface area contributed by atoms with Crippen LogP contribution in [0.25, 0.3) is 0 Å². The number of hydrogen-bond donors (Lipinski definition) is 1. The molecule has 2 aromatic rings. The Morgan fingerprint density at radius 2 is 2.25 bits per heavy atom. The van der Waals surface area contributed by atoms with Crippen LogP contribution in [0.15, 0.2) is 30.7 Å². The molecule has 0 saturated carbocycles. The molecular formula is C14H20N6. The highest BCUT2D eigenvalue weighted by Gasteiger charge is 2.30. The lowest BCUT2D eigenvalue weighted by Crippen LogP contribution is -2.44. The highest BCUT2D eigenvalue weighted by molar-refractivity contribution is 5.12. The van der Waals surface area contributed by atoms with Gasteiger partial charge in [-0.15, -0.1) is 10.2 Å². The molecule has 2 N–H and O–H groups in total. The molecule has 1 aliphatic rings. The number of rotatable bonds is 4. The highest BCUT2D eigenvalue weighted by Crippen LogP contribution is 2.26. The van der Waals surface area contributed by atoms with Gasteiger partial charge in [-0.2, -0.15) is 0 Å². The molecule has 1 aliphatic heterocycles. The Bertz CT molecular complexity index is 552. The van der Waals surface area contributed by atoms with E-state index in [1.807, 2.05) is 18.3 Å². The maximum absolute atomic E-state index is 6.35. The fourth-order valence-corrected chi connectivity index (χ4v) is 2.77. The normalized spacial score (nSPS) is 18.5. The summed E-state index contributed by atoms with van der Waals surface area (Å²) in [6, 6.07) is 6.21. The van der Waals surface area contributed by atoms with Crippen molar-refractivity contribution in [3.63, 3.8) is 0 Å². The Morgan fingerprint density at radius 1 is 1.35 bits per heavy atom. The number of fused-ring (bicyclic) bond motifs is 1. The maximum Gasteiger partial charge on any atom is 0.147 e. The third-order valence-corrected chi connectivity index (χ3v) is 3.93. The molecule has 3 rings (SSSR count). The molecule has 2 unspecified atom stereocenters. The van der Waals surface area contributed by atoms with Crippen molar-refractivity contribution in [1.82, 2.24) is 24.6 Å². The smallest absolute Gasteiger partial charge is 0.147 e. The fourth-order valence-electron chi connectivity index (χ4n) is 2.77. The van der Waals surface area contributed by atoms with E-state index in [2.05, 4.69) is 37.6 Å². The molecule has 0 aliphatic carbocycles. The molecule has 20 heavy (non-hydrogen) atoms. The van der Waals surface area contributed by atoms with Gasteiger partial charge in [0.05, 0.1) is 18.3 Å². The minimum atomic E-state index is 0.0689. The lowest BCUT2D eigenvalue weighted by molar-refractivity contribution is 0.127. The lowest BCUT2D eigenvalue weighted by Gasteiger charge is -2.37. The van der Waals surface area contributed by atoms with Gasteiger partial charge in [-0.3, -0.25) is 9.88 Å². The second kappa shape index (κ2) is 5.68. The van der Waals surface area contributed by atoms with E-state index in [4.69, 9.17) is 5.73 Å². The second-order valence-electron chi connectivity index (χ2n) is 5.18. The molecule has 3 heterocycles. The van der Waals surface area contributed by atoms with Crippen molar-refractivity contribution in [2.24, 2.45) is 5.73 Å². The largest absolute Gasteiger partial charge is 0.326 e. The summed E-state index contributed by atoms with van der Waals surface area (Å²) in [6.45, 7) is 4.74. The first kappa shape index (κ1) is 13.2.